The van der Waals surface area contributed by atoms with E-state index in [1.54, 1.807) is 27.9 Å². The molecule has 188 valence electrons. The largest absolute Gasteiger partial charge is 0.416 e. The summed E-state index contributed by atoms with van der Waals surface area (Å²) in [6, 6.07) is 11.7. The molecule has 2 aliphatic heterocycles. The molecule has 1 fully saturated rings. The number of carbonyl (C=O) groups is 1. The van der Waals surface area contributed by atoms with E-state index in [1.807, 2.05) is 24.0 Å². The summed E-state index contributed by atoms with van der Waals surface area (Å²) in [5, 5.41) is 8.50. The molecular weight excluding hydrogens is 514 g/mol. The van der Waals surface area contributed by atoms with Crippen molar-refractivity contribution < 1.29 is 18.0 Å². The monoisotopic (exact) mass is 535 g/mol. The molecule has 0 saturated carbocycles. The molecule has 2 aliphatic rings. The van der Waals surface area contributed by atoms with Gasteiger partial charge in [-0.1, -0.05) is 29.3 Å². The summed E-state index contributed by atoms with van der Waals surface area (Å²) in [4.78, 5) is 17.6. The maximum absolute atomic E-state index is 13.8. The van der Waals surface area contributed by atoms with E-state index in [4.69, 9.17) is 23.2 Å². The zero-order valence-corrected chi connectivity index (χ0v) is 20.7. The van der Waals surface area contributed by atoms with Gasteiger partial charge in [0.2, 0.25) is 0 Å². The first-order chi connectivity index (χ1) is 17.1. The fourth-order valence-corrected chi connectivity index (χ4v) is 4.98. The second-order valence-electron chi connectivity index (χ2n) is 8.72. The smallest absolute Gasteiger partial charge is 0.368 e. The SMILES string of the molecule is CC1=C(C(=O)N2CCN(c3ccc(C(F)(F)F)cc3)CC2)C(c2ccc(Cl)c(Cl)c2)n2nccc2N1. The van der Waals surface area contributed by atoms with Crippen LogP contribution < -0.4 is 10.2 Å². The molecule has 1 saturated heterocycles. The van der Waals surface area contributed by atoms with Gasteiger partial charge in [-0.15, -0.1) is 0 Å². The first-order valence-corrected chi connectivity index (χ1v) is 12.1. The lowest BCUT2D eigenvalue weighted by molar-refractivity contribution is -0.137. The standard InChI is InChI=1S/C25H22Cl2F3N5O/c1-15-22(23(35-21(32-15)8-9-31-35)16-2-7-19(26)20(27)14-16)24(36)34-12-10-33(11-13-34)18-5-3-17(4-6-18)25(28,29)30/h2-9,14,23,32H,10-13H2,1H3. The van der Waals surface area contributed by atoms with E-state index < -0.39 is 17.8 Å². The van der Waals surface area contributed by atoms with Gasteiger partial charge in [-0.05, 0) is 48.9 Å². The second-order valence-corrected chi connectivity index (χ2v) is 9.54. The summed E-state index contributed by atoms with van der Waals surface area (Å²) in [5.41, 5.74) is 2.06. The van der Waals surface area contributed by atoms with Crippen molar-refractivity contribution in [1.29, 1.82) is 0 Å². The Balaban J connectivity index is 1.37. The lowest BCUT2D eigenvalue weighted by Gasteiger charge is -2.38. The fourth-order valence-electron chi connectivity index (χ4n) is 4.67. The van der Waals surface area contributed by atoms with Crippen molar-refractivity contribution >= 4 is 40.6 Å². The zero-order chi connectivity index (χ0) is 25.6. The molecule has 1 atom stereocenters. The van der Waals surface area contributed by atoms with Crippen molar-refractivity contribution in [2.75, 3.05) is 36.4 Å². The molecule has 0 spiro atoms. The first-order valence-electron chi connectivity index (χ1n) is 11.3. The number of allylic oxidation sites excluding steroid dienone is 1. The molecule has 3 aromatic rings. The summed E-state index contributed by atoms with van der Waals surface area (Å²) >= 11 is 12.4. The number of alkyl halides is 3. The van der Waals surface area contributed by atoms with Gasteiger partial charge < -0.3 is 15.1 Å². The van der Waals surface area contributed by atoms with E-state index in [0.29, 0.717) is 53.2 Å². The van der Waals surface area contributed by atoms with Gasteiger partial charge in [-0.25, -0.2) is 4.68 Å². The predicted octanol–water partition coefficient (Wildman–Crippen LogP) is 5.85. The van der Waals surface area contributed by atoms with E-state index in [0.717, 1.165) is 23.5 Å². The average molecular weight is 536 g/mol. The highest BCUT2D eigenvalue weighted by molar-refractivity contribution is 6.42. The van der Waals surface area contributed by atoms with E-state index in [-0.39, 0.29) is 5.91 Å². The summed E-state index contributed by atoms with van der Waals surface area (Å²) < 4.78 is 40.4. The summed E-state index contributed by atoms with van der Waals surface area (Å²) in [6.07, 6.45) is -2.71. The number of amides is 1. The van der Waals surface area contributed by atoms with Gasteiger partial charge in [0.1, 0.15) is 11.9 Å². The van der Waals surface area contributed by atoms with Crippen LogP contribution in [0.1, 0.15) is 24.1 Å². The number of rotatable bonds is 3. The quantitative estimate of drug-likeness (QED) is 0.457. The minimum absolute atomic E-state index is 0.135. The number of benzene rings is 2. The Labute approximate surface area is 215 Å². The van der Waals surface area contributed by atoms with Gasteiger partial charge in [-0.3, -0.25) is 4.79 Å². The molecule has 1 unspecified atom stereocenters. The normalized spacial score (nSPS) is 18.2. The lowest BCUT2D eigenvalue weighted by Crippen LogP contribution is -2.50. The van der Waals surface area contributed by atoms with Crippen LogP contribution >= 0.6 is 23.2 Å². The Morgan fingerprint density at radius 3 is 2.33 bits per heavy atom. The Hall–Kier alpha value is -3.17. The highest BCUT2D eigenvalue weighted by atomic mass is 35.5. The minimum atomic E-state index is -4.37. The van der Waals surface area contributed by atoms with Gasteiger partial charge in [0.25, 0.3) is 5.91 Å². The van der Waals surface area contributed by atoms with Gasteiger partial charge in [0.05, 0.1) is 27.4 Å². The number of piperazine rings is 1. The van der Waals surface area contributed by atoms with Gasteiger partial charge in [0, 0.05) is 43.6 Å². The number of nitrogens with zero attached hydrogens (tertiary/aromatic N) is 4. The topological polar surface area (TPSA) is 53.4 Å². The third-order valence-corrected chi connectivity index (χ3v) is 7.26. The molecule has 1 aromatic heterocycles. The third kappa shape index (κ3) is 4.53. The minimum Gasteiger partial charge on any atom is -0.368 e. The number of hydrogen-bond donors (Lipinski definition) is 1. The van der Waals surface area contributed by atoms with E-state index in [9.17, 15) is 18.0 Å². The van der Waals surface area contributed by atoms with E-state index >= 15 is 0 Å². The molecule has 6 nitrogen and oxygen atoms in total. The van der Waals surface area contributed by atoms with Crippen LogP contribution in [0, 0.1) is 0 Å². The summed E-state index contributed by atoms with van der Waals surface area (Å²) in [5.74, 6) is 0.622. The molecule has 11 heteroatoms. The predicted molar refractivity (Wildman–Crippen MR) is 133 cm³/mol. The lowest BCUT2D eigenvalue weighted by atomic mass is 9.94. The van der Waals surface area contributed by atoms with Crippen molar-refractivity contribution in [3.05, 3.63) is 87.2 Å². The van der Waals surface area contributed by atoms with Gasteiger partial charge in [-0.2, -0.15) is 18.3 Å². The fraction of sp³-hybridized carbons (Fsp3) is 0.280. The Morgan fingerprint density at radius 1 is 1.00 bits per heavy atom. The zero-order valence-electron chi connectivity index (χ0n) is 19.2. The highest BCUT2D eigenvalue weighted by Crippen LogP contribution is 2.38. The number of aromatic nitrogens is 2. The van der Waals surface area contributed by atoms with Crippen molar-refractivity contribution in [3.63, 3.8) is 0 Å². The van der Waals surface area contributed by atoms with Crippen LogP contribution in [0.2, 0.25) is 10.0 Å². The molecule has 0 aliphatic carbocycles. The molecule has 0 bridgehead atoms. The molecule has 3 heterocycles. The first kappa shape index (κ1) is 24.5. The Bertz CT molecular complexity index is 1330. The van der Waals surface area contributed by atoms with Crippen LogP contribution in [-0.4, -0.2) is 46.8 Å². The maximum atomic E-state index is 13.8. The number of carbonyl (C=O) groups excluding carboxylic acids is 1. The van der Waals surface area contributed by atoms with Gasteiger partial charge >= 0.3 is 6.18 Å². The number of hydrogen-bond acceptors (Lipinski definition) is 4. The number of nitrogens with one attached hydrogen (secondary N) is 1. The summed E-state index contributed by atoms with van der Waals surface area (Å²) in [7, 11) is 0. The summed E-state index contributed by atoms with van der Waals surface area (Å²) in [6.45, 7) is 3.71. The Kier molecular flexibility index (Phi) is 6.38. The highest BCUT2D eigenvalue weighted by Gasteiger charge is 2.36. The number of halogens is 5. The van der Waals surface area contributed by atoms with Crippen molar-refractivity contribution in [1.82, 2.24) is 14.7 Å². The van der Waals surface area contributed by atoms with Crippen molar-refractivity contribution in [3.8, 4) is 0 Å². The van der Waals surface area contributed by atoms with Crippen LogP contribution in [0.25, 0.3) is 0 Å². The molecule has 1 N–H and O–H groups in total. The van der Waals surface area contributed by atoms with Crippen LogP contribution in [0.4, 0.5) is 24.7 Å². The molecule has 1 amide bonds. The third-order valence-electron chi connectivity index (χ3n) is 6.52. The van der Waals surface area contributed by atoms with Crippen LogP contribution in [0.5, 0.6) is 0 Å². The van der Waals surface area contributed by atoms with Crippen LogP contribution in [0.15, 0.2) is 66.0 Å². The molecule has 36 heavy (non-hydrogen) atoms. The molecular formula is C25H22Cl2F3N5O. The van der Waals surface area contributed by atoms with Crippen molar-refractivity contribution in [2.24, 2.45) is 0 Å². The number of fused-ring (bicyclic) bond motifs is 1. The van der Waals surface area contributed by atoms with Crippen LogP contribution in [0.3, 0.4) is 0 Å². The molecule has 2 aromatic carbocycles. The molecule has 0 radical (unpaired) electrons. The van der Waals surface area contributed by atoms with E-state index in [1.165, 1.54) is 12.1 Å². The molecule has 5 rings (SSSR count). The average Bonchev–Trinajstić information content (AvgIpc) is 3.32. The Morgan fingerprint density at radius 2 is 1.69 bits per heavy atom. The maximum Gasteiger partial charge on any atom is 0.416 e. The van der Waals surface area contributed by atoms with Crippen molar-refractivity contribution in [2.45, 2.75) is 19.1 Å². The second kappa shape index (κ2) is 9.37. The number of anilines is 2. The van der Waals surface area contributed by atoms with E-state index in [2.05, 4.69) is 10.4 Å². The van der Waals surface area contributed by atoms with Crippen LogP contribution in [-0.2, 0) is 11.0 Å². The van der Waals surface area contributed by atoms with Gasteiger partial charge in [0.15, 0.2) is 0 Å².